The number of pyridine rings is 1. The molecule has 2 aromatic heterocycles. The first-order valence-corrected chi connectivity index (χ1v) is 8.54. The molecule has 0 saturated heterocycles. The smallest absolute Gasteiger partial charge is 0.291 e. The van der Waals surface area contributed by atoms with Crippen molar-refractivity contribution >= 4 is 38.5 Å². The molecule has 1 N–H and O–H groups in total. The van der Waals surface area contributed by atoms with Crippen molar-refractivity contribution in [2.24, 2.45) is 0 Å². The molecule has 0 unspecified atom stereocenters. The summed E-state index contributed by atoms with van der Waals surface area (Å²) in [7, 11) is 3.94. The molecule has 0 aliphatic carbocycles. The number of rotatable bonds is 6. The Balaban J connectivity index is 1.69. The summed E-state index contributed by atoms with van der Waals surface area (Å²) in [5, 5.41) is 3.66. The van der Waals surface area contributed by atoms with Crippen LogP contribution >= 0.6 is 15.9 Å². The minimum absolute atomic E-state index is 0.250. The van der Waals surface area contributed by atoms with Crippen LogP contribution in [0.4, 0.5) is 5.69 Å². The average Bonchev–Trinajstić information content (AvgIpc) is 2.98. The number of anilines is 1. The SMILES string of the molecule is CN(C)CCOc1cc(NC(=O)c2cc3cc(Br)ccc3o2)ccn1. The second-order valence-electron chi connectivity index (χ2n) is 5.78. The molecule has 0 fully saturated rings. The van der Waals surface area contributed by atoms with Crippen molar-refractivity contribution in [3.05, 3.63) is 52.8 Å². The number of ether oxygens (including phenoxy) is 1. The van der Waals surface area contributed by atoms with Crippen molar-refractivity contribution in [3.8, 4) is 5.88 Å². The van der Waals surface area contributed by atoms with Gasteiger partial charge in [-0.25, -0.2) is 4.98 Å². The van der Waals surface area contributed by atoms with Crippen molar-refractivity contribution in [3.63, 3.8) is 0 Å². The maximum Gasteiger partial charge on any atom is 0.291 e. The van der Waals surface area contributed by atoms with E-state index in [9.17, 15) is 4.79 Å². The highest BCUT2D eigenvalue weighted by Crippen LogP contribution is 2.24. The van der Waals surface area contributed by atoms with Gasteiger partial charge in [0, 0.05) is 34.4 Å². The number of nitrogens with zero attached hydrogens (tertiary/aromatic N) is 2. The highest BCUT2D eigenvalue weighted by atomic mass is 79.9. The monoisotopic (exact) mass is 403 g/mol. The zero-order valence-electron chi connectivity index (χ0n) is 14.0. The number of hydrogen-bond acceptors (Lipinski definition) is 5. The number of carbonyl (C=O) groups is 1. The first kappa shape index (κ1) is 17.4. The van der Waals surface area contributed by atoms with Gasteiger partial charge in [-0.1, -0.05) is 15.9 Å². The van der Waals surface area contributed by atoms with Gasteiger partial charge in [0.15, 0.2) is 5.76 Å². The van der Waals surface area contributed by atoms with Gasteiger partial charge in [0.05, 0.1) is 0 Å². The molecule has 2 heterocycles. The zero-order chi connectivity index (χ0) is 17.8. The average molecular weight is 404 g/mol. The van der Waals surface area contributed by atoms with E-state index in [0.717, 1.165) is 16.4 Å². The fourth-order valence-electron chi connectivity index (χ4n) is 2.22. The van der Waals surface area contributed by atoms with E-state index in [-0.39, 0.29) is 11.7 Å². The number of furan rings is 1. The molecule has 0 atom stereocenters. The molecule has 0 aliphatic heterocycles. The third-order valence-corrected chi connectivity index (χ3v) is 3.98. The van der Waals surface area contributed by atoms with Crippen LogP contribution in [0.1, 0.15) is 10.6 Å². The number of halogens is 1. The summed E-state index contributed by atoms with van der Waals surface area (Å²) >= 11 is 3.40. The van der Waals surface area contributed by atoms with E-state index in [4.69, 9.17) is 9.15 Å². The number of hydrogen-bond donors (Lipinski definition) is 1. The van der Waals surface area contributed by atoms with Crippen LogP contribution in [0.2, 0.25) is 0 Å². The van der Waals surface area contributed by atoms with Crippen molar-refractivity contribution in [2.75, 3.05) is 32.6 Å². The largest absolute Gasteiger partial charge is 0.476 e. The molecule has 0 aliphatic rings. The summed E-state index contributed by atoms with van der Waals surface area (Å²) in [6.07, 6.45) is 1.59. The Hall–Kier alpha value is -2.38. The van der Waals surface area contributed by atoms with Crippen molar-refractivity contribution < 1.29 is 13.9 Å². The fraction of sp³-hybridized carbons (Fsp3) is 0.222. The lowest BCUT2D eigenvalue weighted by Crippen LogP contribution is -2.19. The van der Waals surface area contributed by atoms with E-state index in [1.54, 1.807) is 24.4 Å². The Labute approximate surface area is 153 Å². The summed E-state index contributed by atoms with van der Waals surface area (Å²) < 4.78 is 12.1. The van der Waals surface area contributed by atoms with Gasteiger partial charge in [0.2, 0.25) is 5.88 Å². The molecule has 1 amide bonds. The maximum absolute atomic E-state index is 12.4. The Kier molecular flexibility index (Phi) is 5.35. The molecule has 130 valence electrons. The van der Waals surface area contributed by atoms with Gasteiger partial charge in [-0.15, -0.1) is 0 Å². The number of nitrogens with one attached hydrogen (secondary N) is 1. The summed E-state index contributed by atoms with van der Waals surface area (Å²) in [5.41, 5.74) is 1.26. The summed E-state index contributed by atoms with van der Waals surface area (Å²) in [5.74, 6) is 0.394. The lowest BCUT2D eigenvalue weighted by atomic mass is 10.2. The number of likely N-dealkylation sites (N-methyl/N-ethyl adjacent to an activating group) is 1. The van der Waals surface area contributed by atoms with E-state index >= 15 is 0 Å². The van der Waals surface area contributed by atoms with E-state index in [1.807, 2.05) is 37.2 Å². The number of amides is 1. The second kappa shape index (κ2) is 7.67. The minimum Gasteiger partial charge on any atom is -0.476 e. The Morgan fingerprint density at radius 1 is 1.28 bits per heavy atom. The molecule has 25 heavy (non-hydrogen) atoms. The number of fused-ring (bicyclic) bond motifs is 1. The highest BCUT2D eigenvalue weighted by molar-refractivity contribution is 9.10. The third kappa shape index (κ3) is 4.58. The van der Waals surface area contributed by atoms with E-state index in [1.165, 1.54) is 0 Å². The Morgan fingerprint density at radius 2 is 2.12 bits per heavy atom. The predicted octanol–water partition coefficient (Wildman–Crippen LogP) is 3.78. The van der Waals surface area contributed by atoms with Crippen LogP contribution in [0.5, 0.6) is 5.88 Å². The molecule has 0 saturated carbocycles. The van der Waals surface area contributed by atoms with Gasteiger partial charge < -0.3 is 19.4 Å². The fourth-order valence-corrected chi connectivity index (χ4v) is 2.60. The molecule has 0 bridgehead atoms. The molecular weight excluding hydrogens is 386 g/mol. The van der Waals surface area contributed by atoms with Gasteiger partial charge in [-0.3, -0.25) is 4.79 Å². The lowest BCUT2D eigenvalue weighted by molar-refractivity contribution is 0.0998. The van der Waals surface area contributed by atoms with Gasteiger partial charge in [0.25, 0.3) is 5.91 Å². The molecule has 6 nitrogen and oxygen atoms in total. The summed E-state index contributed by atoms with van der Waals surface area (Å²) in [6.45, 7) is 1.31. The summed E-state index contributed by atoms with van der Waals surface area (Å²) in [6, 6.07) is 10.7. The third-order valence-electron chi connectivity index (χ3n) is 3.48. The Bertz CT molecular complexity index is 892. The van der Waals surface area contributed by atoms with Crippen molar-refractivity contribution in [1.82, 2.24) is 9.88 Å². The molecule has 3 rings (SSSR count). The van der Waals surface area contributed by atoms with Crippen molar-refractivity contribution in [2.45, 2.75) is 0 Å². The van der Waals surface area contributed by atoms with Crippen LogP contribution in [0.3, 0.4) is 0 Å². The van der Waals surface area contributed by atoms with E-state index in [2.05, 4.69) is 26.2 Å². The van der Waals surface area contributed by atoms with Gasteiger partial charge >= 0.3 is 0 Å². The number of aromatic nitrogens is 1. The first-order valence-electron chi connectivity index (χ1n) is 7.75. The molecule has 3 aromatic rings. The maximum atomic E-state index is 12.4. The summed E-state index contributed by atoms with van der Waals surface area (Å²) in [4.78, 5) is 18.6. The molecule has 0 spiro atoms. The van der Waals surface area contributed by atoms with Gasteiger partial charge in [0.1, 0.15) is 12.2 Å². The van der Waals surface area contributed by atoms with Crippen LogP contribution < -0.4 is 10.1 Å². The van der Waals surface area contributed by atoms with Crippen LogP contribution in [-0.4, -0.2) is 43.0 Å². The Morgan fingerprint density at radius 3 is 2.92 bits per heavy atom. The molecule has 1 aromatic carbocycles. The molecule has 7 heteroatoms. The van der Waals surface area contributed by atoms with Crippen LogP contribution in [0.25, 0.3) is 11.0 Å². The zero-order valence-corrected chi connectivity index (χ0v) is 15.5. The molecular formula is C18H18BrN3O3. The second-order valence-corrected chi connectivity index (χ2v) is 6.70. The van der Waals surface area contributed by atoms with Crippen LogP contribution in [0, 0.1) is 0 Å². The van der Waals surface area contributed by atoms with Gasteiger partial charge in [-0.05, 0) is 44.4 Å². The van der Waals surface area contributed by atoms with Crippen LogP contribution in [0.15, 0.2) is 51.5 Å². The van der Waals surface area contributed by atoms with Crippen LogP contribution in [-0.2, 0) is 0 Å². The topological polar surface area (TPSA) is 67.6 Å². The van der Waals surface area contributed by atoms with E-state index < -0.39 is 0 Å². The molecule has 0 radical (unpaired) electrons. The number of benzene rings is 1. The quantitative estimate of drug-likeness (QED) is 0.677. The number of carbonyl (C=O) groups excluding carboxylic acids is 1. The predicted molar refractivity (Wildman–Crippen MR) is 100 cm³/mol. The lowest BCUT2D eigenvalue weighted by Gasteiger charge is -2.11. The van der Waals surface area contributed by atoms with E-state index in [0.29, 0.717) is 23.8 Å². The standard InChI is InChI=1S/C18H18BrN3O3/c1-22(2)7-8-24-17-11-14(5-6-20-17)21-18(23)16-10-12-9-13(19)3-4-15(12)25-16/h3-6,9-11H,7-8H2,1-2H3,(H,20,21,23). The van der Waals surface area contributed by atoms with Crippen molar-refractivity contribution in [1.29, 1.82) is 0 Å². The van der Waals surface area contributed by atoms with Gasteiger partial charge in [-0.2, -0.15) is 0 Å². The highest BCUT2D eigenvalue weighted by Gasteiger charge is 2.13. The normalized spacial score (nSPS) is 11.0. The minimum atomic E-state index is -0.322. The first-order chi connectivity index (χ1) is 12.0.